The highest BCUT2D eigenvalue weighted by Crippen LogP contribution is 2.48. The highest BCUT2D eigenvalue weighted by molar-refractivity contribution is 6.12. The zero-order valence-electron chi connectivity index (χ0n) is 16.0. The monoisotopic (exact) mass is 384 g/mol. The standard InChI is InChI=1S/C19H20N4O5/c1-20-10-21(2)17(26)19(16(20)25)13(11-8-6-5-7-9-11)12-14(24)22(3)18(27)23(4)15(12)28-19/h5-9,13H,10H2,1-4H3. The van der Waals surface area contributed by atoms with Crippen molar-refractivity contribution in [3.8, 4) is 5.88 Å². The van der Waals surface area contributed by atoms with E-state index in [2.05, 4.69) is 0 Å². The Morgan fingerprint density at radius 1 is 0.893 bits per heavy atom. The summed E-state index contributed by atoms with van der Waals surface area (Å²) in [5.41, 5.74) is -2.43. The summed E-state index contributed by atoms with van der Waals surface area (Å²) in [5.74, 6) is -2.11. The van der Waals surface area contributed by atoms with Gasteiger partial charge in [-0.1, -0.05) is 30.3 Å². The van der Waals surface area contributed by atoms with Gasteiger partial charge in [0, 0.05) is 28.2 Å². The van der Waals surface area contributed by atoms with Gasteiger partial charge in [-0.25, -0.2) is 4.79 Å². The van der Waals surface area contributed by atoms with Gasteiger partial charge in [0.25, 0.3) is 23.0 Å². The van der Waals surface area contributed by atoms with Gasteiger partial charge in [-0.3, -0.25) is 23.5 Å². The van der Waals surface area contributed by atoms with Crippen LogP contribution in [0.2, 0.25) is 0 Å². The van der Waals surface area contributed by atoms with Gasteiger partial charge in [0.2, 0.25) is 5.88 Å². The molecule has 2 aromatic rings. The van der Waals surface area contributed by atoms with Crippen molar-refractivity contribution in [2.75, 3.05) is 20.8 Å². The van der Waals surface area contributed by atoms with Gasteiger partial charge in [-0.05, 0) is 5.56 Å². The number of fused-ring (bicyclic) bond motifs is 1. The zero-order valence-corrected chi connectivity index (χ0v) is 16.0. The van der Waals surface area contributed by atoms with Crippen molar-refractivity contribution < 1.29 is 14.3 Å². The first-order valence-electron chi connectivity index (χ1n) is 8.76. The van der Waals surface area contributed by atoms with Crippen molar-refractivity contribution in [1.29, 1.82) is 0 Å². The molecular weight excluding hydrogens is 364 g/mol. The maximum atomic E-state index is 13.3. The second kappa shape index (κ2) is 5.82. The van der Waals surface area contributed by atoms with Gasteiger partial charge in [0.05, 0.1) is 18.2 Å². The Morgan fingerprint density at radius 2 is 1.46 bits per heavy atom. The van der Waals surface area contributed by atoms with Gasteiger partial charge in [-0.15, -0.1) is 0 Å². The molecule has 0 aliphatic carbocycles. The molecule has 2 aliphatic rings. The summed E-state index contributed by atoms with van der Waals surface area (Å²) in [5, 5.41) is 0. The average molecular weight is 384 g/mol. The normalized spacial score (nSPS) is 20.5. The molecule has 1 aromatic carbocycles. The number of ether oxygens (including phenoxy) is 1. The Hall–Kier alpha value is -3.36. The molecule has 9 heteroatoms. The van der Waals surface area contributed by atoms with Gasteiger partial charge in [-0.2, -0.15) is 0 Å². The molecule has 2 aliphatic heterocycles. The fraction of sp³-hybridized carbons (Fsp3) is 0.368. The van der Waals surface area contributed by atoms with E-state index >= 15 is 0 Å². The van der Waals surface area contributed by atoms with Crippen LogP contribution in [0.25, 0.3) is 0 Å². The van der Waals surface area contributed by atoms with Crippen molar-refractivity contribution in [3.05, 3.63) is 62.3 Å². The van der Waals surface area contributed by atoms with Crippen LogP contribution in [-0.2, 0) is 23.7 Å². The number of rotatable bonds is 1. The van der Waals surface area contributed by atoms with E-state index in [1.165, 1.54) is 23.9 Å². The van der Waals surface area contributed by atoms with E-state index in [4.69, 9.17) is 4.74 Å². The molecular formula is C19H20N4O5. The summed E-state index contributed by atoms with van der Waals surface area (Å²) in [6, 6.07) is 8.81. The van der Waals surface area contributed by atoms with Crippen LogP contribution in [0.1, 0.15) is 17.0 Å². The van der Waals surface area contributed by atoms with E-state index in [0.29, 0.717) is 5.56 Å². The van der Waals surface area contributed by atoms with Crippen molar-refractivity contribution >= 4 is 11.8 Å². The fourth-order valence-corrected chi connectivity index (χ4v) is 4.12. The minimum atomic E-state index is -1.97. The van der Waals surface area contributed by atoms with E-state index in [0.717, 1.165) is 9.13 Å². The molecule has 0 radical (unpaired) electrons. The van der Waals surface area contributed by atoms with Crippen LogP contribution in [-0.4, -0.2) is 57.1 Å². The first-order chi connectivity index (χ1) is 13.2. The summed E-state index contributed by atoms with van der Waals surface area (Å²) in [6.07, 6.45) is 0. The highest BCUT2D eigenvalue weighted by atomic mass is 16.5. The Morgan fingerprint density at radius 3 is 2.04 bits per heavy atom. The molecule has 1 spiro atoms. The van der Waals surface area contributed by atoms with Gasteiger partial charge in [0.1, 0.15) is 0 Å². The smallest absolute Gasteiger partial charge is 0.333 e. The summed E-state index contributed by atoms with van der Waals surface area (Å²) in [7, 11) is 5.95. The summed E-state index contributed by atoms with van der Waals surface area (Å²) in [6.45, 7) is 0.109. The van der Waals surface area contributed by atoms with E-state index in [1.807, 2.05) is 0 Å². The quantitative estimate of drug-likeness (QED) is 0.602. The maximum absolute atomic E-state index is 13.3. The number of nitrogens with zero attached hydrogens (tertiary/aromatic N) is 4. The minimum absolute atomic E-state index is 0.0487. The summed E-state index contributed by atoms with van der Waals surface area (Å²) < 4.78 is 8.11. The molecule has 1 fully saturated rings. The fourth-order valence-electron chi connectivity index (χ4n) is 4.12. The van der Waals surface area contributed by atoms with Crippen LogP contribution in [0, 0.1) is 0 Å². The Kier molecular flexibility index (Phi) is 3.74. The number of carbonyl (C=O) groups excluding carboxylic acids is 2. The molecule has 2 amide bonds. The second-order valence-corrected chi connectivity index (χ2v) is 7.25. The molecule has 28 heavy (non-hydrogen) atoms. The Balaban J connectivity index is 2.12. The lowest BCUT2D eigenvalue weighted by atomic mass is 9.77. The number of carbonyl (C=O) groups is 2. The van der Waals surface area contributed by atoms with Crippen LogP contribution in [0.15, 0.2) is 39.9 Å². The Labute approximate surface area is 160 Å². The van der Waals surface area contributed by atoms with Crippen LogP contribution in [0.5, 0.6) is 5.88 Å². The molecule has 146 valence electrons. The molecule has 9 nitrogen and oxygen atoms in total. The predicted molar refractivity (Wildman–Crippen MR) is 99.0 cm³/mol. The van der Waals surface area contributed by atoms with Crippen molar-refractivity contribution in [1.82, 2.24) is 18.9 Å². The number of hydrogen-bond acceptors (Lipinski definition) is 5. The summed E-state index contributed by atoms with van der Waals surface area (Å²) >= 11 is 0. The number of hydrogen-bond donors (Lipinski definition) is 0. The molecule has 1 aromatic heterocycles. The average Bonchev–Trinajstić information content (AvgIpc) is 3.06. The lowest BCUT2D eigenvalue weighted by Gasteiger charge is -2.43. The number of benzene rings is 1. The van der Waals surface area contributed by atoms with Crippen molar-refractivity contribution in [3.63, 3.8) is 0 Å². The van der Waals surface area contributed by atoms with Crippen LogP contribution < -0.4 is 16.0 Å². The van der Waals surface area contributed by atoms with Crippen LogP contribution in [0.4, 0.5) is 0 Å². The molecule has 1 unspecified atom stereocenters. The summed E-state index contributed by atoms with van der Waals surface area (Å²) in [4.78, 5) is 54.8. The third kappa shape index (κ3) is 2.07. The van der Waals surface area contributed by atoms with Crippen molar-refractivity contribution in [2.45, 2.75) is 11.5 Å². The van der Waals surface area contributed by atoms with Crippen LogP contribution >= 0.6 is 0 Å². The Bertz CT molecular complexity index is 1100. The van der Waals surface area contributed by atoms with E-state index in [-0.39, 0.29) is 18.1 Å². The number of likely N-dealkylation sites (N-methyl/N-ethyl adjacent to an activating group) is 2. The second-order valence-electron chi connectivity index (χ2n) is 7.25. The third-order valence-electron chi connectivity index (χ3n) is 5.48. The molecule has 0 saturated carbocycles. The molecule has 3 heterocycles. The van der Waals surface area contributed by atoms with Gasteiger partial charge < -0.3 is 14.5 Å². The largest absolute Gasteiger partial charge is 0.450 e. The molecule has 0 bridgehead atoms. The maximum Gasteiger partial charge on any atom is 0.333 e. The predicted octanol–water partition coefficient (Wildman–Crippen LogP) is -0.765. The van der Waals surface area contributed by atoms with Crippen LogP contribution in [0.3, 0.4) is 0 Å². The molecule has 0 N–H and O–H groups in total. The lowest BCUT2D eigenvalue weighted by Crippen LogP contribution is -2.68. The third-order valence-corrected chi connectivity index (χ3v) is 5.48. The van der Waals surface area contributed by atoms with Gasteiger partial charge >= 0.3 is 5.69 Å². The zero-order chi connectivity index (χ0) is 20.4. The number of amides is 2. The topological polar surface area (TPSA) is 93.8 Å². The highest BCUT2D eigenvalue weighted by Gasteiger charge is 2.66. The van der Waals surface area contributed by atoms with E-state index in [1.54, 1.807) is 44.4 Å². The first-order valence-corrected chi connectivity index (χ1v) is 8.76. The number of aromatic nitrogens is 2. The first kappa shape index (κ1) is 18.0. The molecule has 4 rings (SSSR count). The van der Waals surface area contributed by atoms with Crippen molar-refractivity contribution in [2.24, 2.45) is 14.1 Å². The van der Waals surface area contributed by atoms with E-state index < -0.39 is 34.6 Å². The lowest BCUT2D eigenvalue weighted by molar-refractivity contribution is -0.172. The van der Waals surface area contributed by atoms with E-state index in [9.17, 15) is 19.2 Å². The van der Waals surface area contributed by atoms with Gasteiger partial charge in [0.15, 0.2) is 0 Å². The SMILES string of the molecule is CN1CN(C)C(=O)C2(Oc3c(c(=O)n(C)c(=O)n3C)C2c2ccccc2)C1=O. The minimum Gasteiger partial charge on any atom is -0.450 e. The molecule has 1 saturated heterocycles. The molecule has 1 atom stereocenters.